The zero-order valence-corrected chi connectivity index (χ0v) is 33.8. The first-order chi connectivity index (χ1) is 30.3. The lowest BCUT2D eigenvalue weighted by Gasteiger charge is -2.39. The highest BCUT2D eigenvalue weighted by Gasteiger charge is 2.50. The Bertz CT molecular complexity index is 3470. The summed E-state index contributed by atoms with van der Waals surface area (Å²) in [6.07, 6.45) is 0. The fraction of sp³-hybridized carbons (Fsp3) is 0.0175. The number of aromatic nitrogens is 3. The van der Waals surface area contributed by atoms with Crippen molar-refractivity contribution >= 4 is 44.3 Å². The van der Waals surface area contributed by atoms with Crippen LogP contribution in [0.5, 0.6) is 0 Å². The molecule has 11 aromatic rings. The Morgan fingerprint density at radius 3 is 1.70 bits per heavy atom. The lowest BCUT2D eigenvalue weighted by molar-refractivity contribution is 0.724. The predicted octanol–water partition coefficient (Wildman–Crippen LogP) is 14.6. The maximum absolute atomic E-state index is 5.25. The molecule has 9 aromatic carbocycles. The molecule has 0 N–H and O–H groups in total. The molecule has 2 aromatic heterocycles. The molecule has 61 heavy (non-hydrogen) atoms. The summed E-state index contributed by atoms with van der Waals surface area (Å²) in [7, 11) is 0. The summed E-state index contributed by atoms with van der Waals surface area (Å²) in [5, 5.41) is 4.79. The smallest absolute Gasteiger partial charge is 0.160 e. The van der Waals surface area contributed by atoms with E-state index in [4.69, 9.17) is 9.97 Å². The largest absolute Gasteiger partial charge is 0.309 e. The molecule has 0 radical (unpaired) electrons. The van der Waals surface area contributed by atoms with E-state index in [0.29, 0.717) is 5.82 Å². The Kier molecular flexibility index (Phi) is 7.45. The van der Waals surface area contributed by atoms with Crippen LogP contribution in [0.4, 0.5) is 0 Å². The molecule has 0 unspecified atom stereocenters. The highest BCUT2D eigenvalue weighted by atomic mass is 32.2. The lowest BCUT2D eigenvalue weighted by Crippen LogP contribution is -2.31. The number of hydrogen-bond acceptors (Lipinski definition) is 3. The number of para-hydroxylation sites is 1. The number of nitrogens with zero attached hydrogens (tertiary/aromatic N) is 3. The molecule has 284 valence electrons. The van der Waals surface area contributed by atoms with Gasteiger partial charge in [0.25, 0.3) is 0 Å². The zero-order valence-electron chi connectivity index (χ0n) is 33.0. The van der Waals surface area contributed by atoms with Gasteiger partial charge in [-0.15, -0.1) is 0 Å². The molecule has 0 saturated heterocycles. The van der Waals surface area contributed by atoms with Gasteiger partial charge >= 0.3 is 0 Å². The van der Waals surface area contributed by atoms with E-state index >= 15 is 0 Å². The molecule has 0 bridgehead atoms. The van der Waals surface area contributed by atoms with Crippen LogP contribution < -0.4 is 0 Å². The van der Waals surface area contributed by atoms with E-state index in [1.54, 1.807) is 0 Å². The Labute approximate surface area is 357 Å². The van der Waals surface area contributed by atoms with Gasteiger partial charge in [-0.25, -0.2) is 9.97 Å². The SMILES string of the molecule is c1ccc(-c2cc(-c3ccc(-n4c5ccccc5c5cc6c(cc54)Sc4ccccc4C64c5ccccc5-c5ccccc54)c4ccccc34)nc(-c3ccccc3)n2)cc1. The minimum absolute atomic E-state index is 0.440. The second-order valence-corrected chi connectivity index (χ2v) is 17.1. The molecule has 0 amide bonds. The molecule has 3 nitrogen and oxygen atoms in total. The average molecular weight is 794 g/mol. The molecule has 4 heteroatoms. The molecule has 1 aliphatic carbocycles. The van der Waals surface area contributed by atoms with Gasteiger partial charge in [-0.05, 0) is 75.2 Å². The molecular formula is C57H35N3S. The van der Waals surface area contributed by atoms with E-state index in [1.165, 1.54) is 65.0 Å². The van der Waals surface area contributed by atoms with Gasteiger partial charge in [0, 0.05) is 42.6 Å². The summed E-state index contributed by atoms with van der Waals surface area (Å²) in [5.74, 6) is 0.710. The van der Waals surface area contributed by atoms with Gasteiger partial charge in [-0.1, -0.05) is 188 Å². The molecule has 0 saturated carbocycles. The van der Waals surface area contributed by atoms with Gasteiger partial charge in [-0.2, -0.15) is 0 Å². The van der Waals surface area contributed by atoms with E-state index in [-0.39, 0.29) is 0 Å². The quantitative estimate of drug-likeness (QED) is 0.178. The van der Waals surface area contributed by atoms with E-state index in [9.17, 15) is 0 Å². The van der Waals surface area contributed by atoms with Gasteiger partial charge < -0.3 is 4.57 Å². The first kappa shape index (κ1) is 34.3. The van der Waals surface area contributed by atoms with Crippen molar-refractivity contribution in [2.45, 2.75) is 15.2 Å². The topological polar surface area (TPSA) is 30.7 Å². The van der Waals surface area contributed by atoms with Crippen LogP contribution in [0.1, 0.15) is 22.3 Å². The van der Waals surface area contributed by atoms with Crippen LogP contribution in [0.15, 0.2) is 222 Å². The average Bonchev–Trinajstić information content (AvgIpc) is 3.81. The summed E-state index contributed by atoms with van der Waals surface area (Å²) in [6.45, 7) is 0. The lowest BCUT2D eigenvalue weighted by atomic mass is 9.67. The maximum atomic E-state index is 5.25. The van der Waals surface area contributed by atoms with E-state index in [1.807, 2.05) is 36.0 Å². The Balaban J connectivity index is 1.07. The highest BCUT2D eigenvalue weighted by Crippen LogP contribution is 2.62. The third kappa shape index (κ3) is 4.94. The number of fused-ring (bicyclic) bond motifs is 13. The van der Waals surface area contributed by atoms with Crippen molar-refractivity contribution in [2.75, 3.05) is 0 Å². The Hall–Kier alpha value is -7.53. The standard InChI is InChI=1S/C57H35N3S/c1-3-17-36(18-4-1)49-34-50(59-56(58-49)37-19-5-2-6-20-37)41-31-32-52(42-24-8-7-21-38(41)42)60-51-29-15-11-25-43(51)44-33-48-55(35-53(44)60)61-54-30-16-14-28-47(54)57(48)45-26-12-9-22-39(45)40-23-10-13-27-46(40)57/h1-35H. The summed E-state index contributed by atoms with van der Waals surface area (Å²) >= 11 is 1.90. The van der Waals surface area contributed by atoms with Gasteiger partial charge in [0.2, 0.25) is 0 Å². The second kappa shape index (κ2) is 13.2. The van der Waals surface area contributed by atoms with Crippen LogP contribution in [0.3, 0.4) is 0 Å². The maximum Gasteiger partial charge on any atom is 0.160 e. The number of rotatable bonds is 4. The Morgan fingerprint density at radius 1 is 0.361 bits per heavy atom. The molecule has 0 atom stereocenters. The zero-order chi connectivity index (χ0) is 40.1. The molecule has 0 fully saturated rings. The molecule has 1 aliphatic heterocycles. The molecule has 2 aliphatic rings. The van der Waals surface area contributed by atoms with Crippen molar-refractivity contribution in [1.29, 1.82) is 0 Å². The van der Waals surface area contributed by atoms with Crippen LogP contribution in [0.25, 0.3) is 83.3 Å². The fourth-order valence-electron chi connectivity index (χ4n) is 10.3. The first-order valence-corrected chi connectivity index (χ1v) is 21.6. The molecule has 13 rings (SSSR count). The van der Waals surface area contributed by atoms with Crippen molar-refractivity contribution < 1.29 is 0 Å². The van der Waals surface area contributed by atoms with Crippen molar-refractivity contribution in [3.63, 3.8) is 0 Å². The van der Waals surface area contributed by atoms with E-state index in [0.717, 1.165) is 44.5 Å². The minimum atomic E-state index is -0.440. The van der Waals surface area contributed by atoms with Crippen LogP contribution in [0.2, 0.25) is 0 Å². The van der Waals surface area contributed by atoms with E-state index in [2.05, 4.69) is 193 Å². The first-order valence-electron chi connectivity index (χ1n) is 20.8. The van der Waals surface area contributed by atoms with Gasteiger partial charge in [0.05, 0.1) is 33.5 Å². The van der Waals surface area contributed by atoms with Crippen molar-refractivity contribution in [2.24, 2.45) is 0 Å². The molecule has 1 spiro atoms. The van der Waals surface area contributed by atoms with Crippen LogP contribution in [0, 0.1) is 0 Å². The summed E-state index contributed by atoms with van der Waals surface area (Å²) in [4.78, 5) is 12.9. The van der Waals surface area contributed by atoms with Crippen molar-refractivity contribution in [3.8, 4) is 50.7 Å². The highest BCUT2D eigenvalue weighted by molar-refractivity contribution is 7.99. The van der Waals surface area contributed by atoms with Gasteiger partial charge in [-0.3, -0.25) is 0 Å². The third-order valence-electron chi connectivity index (χ3n) is 12.9. The fourth-order valence-corrected chi connectivity index (χ4v) is 11.5. The van der Waals surface area contributed by atoms with Crippen LogP contribution >= 0.6 is 11.8 Å². The minimum Gasteiger partial charge on any atom is -0.309 e. The van der Waals surface area contributed by atoms with Gasteiger partial charge in [0.15, 0.2) is 5.82 Å². The van der Waals surface area contributed by atoms with Crippen molar-refractivity contribution in [1.82, 2.24) is 14.5 Å². The van der Waals surface area contributed by atoms with Crippen LogP contribution in [-0.2, 0) is 5.41 Å². The normalized spacial score (nSPS) is 13.3. The second-order valence-electron chi connectivity index (χ2n) is 16.0. The molecular weight excluding hydrogens is 759 g/mol. The van der Waals surface area contributed by atoms with E-state index < -0.39 is 5.41 Å². The summed E-state index contributed by atoms with van der Waals surface area (Å²) in [6, 6.07) is 77.3. The predicted molar refractivity (Wildman–Crippen MR) is 252 cm³/mol. The third-order valence-corrected chi connectivity index (χ3v) is 14.0. The summed E-state index contributed by atoms with van der Waals surface area (Å²) in [5.41, 5.74) is 16.0. The van der Waals surface area contributed by atoms with Crippen molar-refractivity contribution in [3.05, 3.63) is 235 Å². The monoisotopic (exact) mass is 793 g/mol. The van der Waals surface area contributed by atoms with Crippen LogP contribution in [-0.4, -0.2) is 14.5 Å². The number of benzene rings is 9. The Morgan fingerprint density at radius 2 is 0.951 bits per heavy atom. The summed E-state index contributed by atoms with van der Waals surface area (Å²) < 4.78 is 2.49. The van der Waals surface area contributed by atoms with Gasteiger partial charge in [0.1, 0.15) is 0 Å². The molecule has 3 heterocycles. The number of hydrogen-bond donors (Lipinski definition) is 0.